The van der Waals surface area contributed by atoms with Crippen molar-refractivity contribution in [2.75, 3.05) is 19.6 Å². The van der Waals surface area contributed by atoms with Crippen molar-refractivity contribution in [3.8, 4) is 89.0 Å². The van der Waals surface area contributed by atoms with Gasteiger partial charge in [-0.1, -0.05) is 440 Å². The number of rotatable bonds is 18. The minimum atomic E-state index is -0.865. The van der Waals surface area contributed by atoms with Crippen LogP contribution in [0.2, 0.25) is 0 Å². The van der Waals surface area contributed by atoms with Gasteiger partial charge in [-0.05, 0) is 313 Å². The molecule has 146 heavy (non-hydrogen) atoms. The lowest BCUT2D eigenvalue weighted by Gasteiger charge is -2.43. The molecule has 0 aromatic heterocycles. The lowest BCUT2D eigenvalue weighted by atomic mass is 9.81. The molecule has 2 unspecified atom stereocenters. The number of para-hydroxylation sites is 4. The van der Waals surface area contributed by atoms with E-state index < -0.39 is 36.4 Å². The predicted molar refractivity (Wildman–Crippen MR) is 636 cm³/mol. The normalized spacial score (nSPS) is 15.3. The number of anilines is 8. The summed E-state index contributed by atoms with van der Waals surface area (Å²) in [6.45, 7) is 70.0. The molecule has 20 rings (SSSR count). The summed E-state index contributed by atoms with van der Waals surface area (Å²) in [5.41, 5.74) is 46.0. The van der Waals surface area contributed by atoms with Gasteiger partial charge >= 0.3 is 0 Å². The molecule has 0 aliphatic heterocycles. The molecule has 0 heterocycles. The Labute approximate surface area is 887 Å². The maximum absolute atomic E-state index is 9.54. The van der Waals surface area contributed by atoms with E-state index in [2.05, 4.69) is 493 Å². The van der Waals surface area contributed by atoms with Crippen LogP contribution < -0.4 is 19.6 Å². The van der Waals surface area contributed by atoms with Gasteiger partial charge in [0.2, 0.25) is 0 Å². The second-order valence-corrected chi connectivity index (χ2v) is 47.7. The number of hydrogen-bond donors (Lipinski definition) is 0. The van der Waals surface area contributed by atoms with Gasteiger partial charge in [-0.25, -0.2) is 0 Å². The van der Waals surface area contributed by atoms with Crippen molar-refractivity contribution in [2.24, 2.45) is 0 Å². The molecule has 0 saturated carbocycles. The van der Waals surface area contributed by atoms with Crippen molar-refractivity contribution in [3.05, 3.63) is 429 Å². The van der Waals surface area contributed by atoms with Crippen LogP contribution in [-0.4, -0.2) is 22.2 Å². The van der Waals surface area contributed by atoms with Crippen LogP contribution in [0.3, 0.4) is 0 Å². The average molecular weight is 1930 g/mol. The Bertz CT molecular complexity index is 7580. The highest BCUT2D eigenvalue weighted by molar-refractivity contribution is 5.98. The molecule has 16 aromatic carbocycles. The zero-order valence-electron chi connectivity index (χ0n) is 99.3. The minimum absolute atomic E-state index is 0.0135. The van der Waals surface area contributed by atoms with Crippen LogP contribution in [0.15, 0.2) is 340 Å². The van der Waals surface area contributed by atoms with E-state index in [1.54, 1.807) is 0 Å². The Morgan fingerprint density at radius 3 is 0.829 bits per heavy atom. The van der Waals surface area contributed by atoms with Crippen molar-refractivity contribution in [3.63, 3.8) is 0 Å². The number of benzene rings is 16. The van der Waals surface area contributed by atoms with Crippen LogP contribution in [0.25, 0.3) is 89.0 Å². The van der Waals surface area contributed by atoms with E-state index in [9.17, 15) is 5.48 Å². The van der Waals surface area contributed by atoms with Gasteiger partial charge in [0, 0.05) is 97.0 Å². The molecular weight excluding hydrogens is 1760 g/mol. The molecular formula is C142H160N4. The third-order valence-corrected chi connectivity index (χ3v) is 31.1. The lowest BCUT2D eigenvalue weighted by Crippen LogP contribution is -2.39. The highest BCUT2D eigenvalue weighted by Crippen LogP contribution is 2.62. The molecule has 4 heteroatoms. The van der Waals surface area contributed by atoms with Gasteiger partial charge in [0.15, 0.2) is 0 Å². The first kappa shape index (κ1) is 96.2. The molecule has 0 radical (unpaired) electrons. The fourth-order valence-electron chi connectivity index (χ4n) is 24.5. The summed E-state index contributed by atoms with van der Waals surface area (Å²) in [5, 5.41) is 0. The minimum Gasteiger partial charge on any atom is -0.335 e. The zero-order valence-corrected chi connectivity index (χ0v) is 93.3. The Balaban J connectivity index is 0.000000138. The molecule has 4 nitrogen and oxygen atoms in total. The van der Waals surface area contributed by atoms with Gasteiger partial charge in [-0.3, -0.25) is 0 Å². The van der Waals surface area contributed by atoms with Crippen molar-refractivity contribution in [1.29, 1.82) is 0 Å². The van der Waals surface area contributed by atoms with Gasteiger partial charge in [0.1, 0.15) is 0 Å². The maximum Gasteiger partial charge on any atom is 0.0530 e. The Morgan fingerprint density at radius 1 is 0.240 bits per heavy atom. The fourth-order valence-corrected chi connectivity index (χ4v) is 24.5. The van der Waals surface area contributed by atoms with E-state index in [-0.39, 0.29) is 43.8 Å². The molecule has 0 fully saturated rings. The van der Waals surface area contributed by atoms with E-state index in [1.807, 2.05) is 87.4 Å². The van der Waals surface area contributed by atoms with Crippen molar-refractivity contribution in [1.82, 2.24) is 0 Å². The van der Waals surface area contributed by atoms with Gasteiger partial charge < -0.3 is 19.6 Å². The monoisotopic (exact) mass is 1930 g/mol. The molecule has 16 aromatic rings. The largest absolute Gasteiger partial charge is 0.335 e. The van der Waals surface area contributed by atoms with Crippen LogP contribution in [-0.2, 0) is 34.5 Å². The summed E-state index contributed by atoms with van der Waals surface area (Å²) in [5.74, 6) is -3.39. The highest BCUT2D eigenvalue weighted by atomic mass is 15.2. The Hall–Kier alpha value is -13.3. The topological polar surface area (TPSA) is 13.0 Å². The van der Waals surface area contributed by atoms with Crippen LogP contribution in [0.5, 0.6) is 0 Å². The molecule has 0 spiro atoms. The summed E-state index contributed by atoms with van der Waals surface area (Å²) < 4.78 is 55.5. The van der Waals surface area contributed by atoms with E-state index in [0.29, 0.717) is 0 Å². The van der Waals surface area contributed by atoms with E-state index >= 15 is 0 Å². The smallest absolute Gasteiger partial charge is 0.0530 e. The molecule has 748 valence electrons. The first-order valence-corrected chi connectivity index (χ1v) is 53.0. The van der Waals surface area contributed by atoms with Gasteiger partial charge in [-0.15, -0.1) is 0 Å². The summed E-state index contributed by atoms with van der Waals surface area (Å²) in [4.78, 5) is 9.81. The van der Waals surface area contributed by atoms with E-state index in [0.717, 1.165) is 101 Å². The third-order valence-electron chi connectivity index (χ3n) is 31.1. The molecule has 0 saturated heterocycles. The predicted octanol–water partition coefficient (Wildman–Crippen LogP) is 40.6. The maximum atomic E-state index is 9.54. The van der Waals surface area contributed by atoms with Crippen LogP contribution in [0.4, 0.5) is 45.5 Å². The Kier molecular flexibility index (Phi) is 26.5. The number of nitrogens with zero attached hydrogens (tertiary/aromatic N) is 4. The Morgan fingerprint density at radius 2 is 0.500 bits per heavy atom. The second-order valence-electron chi connectivity index (χ2n) is 47.7. The second kappa shape index (κ2) is 40.2. The van der Waals surface area contributed by atoms with Gasteiger partial charge in [0.05, 0.1) is 22.7 Å². The highest BCUT2D eigenvalue weighted by Gasteiger charge is 2.46. The molecule has 0 amide bonds. The lowest BCUT2D eigenvalue weighted by molar-refractivity contribution is 0.555. The first-order valence-electron chi connectivity index (χ1n) is 56.1. The van der Waals surface area contributed by atoms with Gasteiger partial charge in [-0.2, -0.15) is 0 Å². The molecule has 2 atom stereocenters. The van der Waals surface area contributed by atoms with Crippen molar-refractivity contribution >= 4 is 45.5 Å². The number of aryl methyl sites for hydroxylation is 2. The molecule has 0 bridgehead atoms. The summed E-state index contributed by atoms with van der Waals surface area (Å²) in [6, 6.07) is 121. The SMILES string of the molecule is Cc1cccc(-c2ccccc2)c1N(c1ccc2c(c1C)-c1ccccc1C2(C)C)C(C)(C)C.[2H]C(C)(C)c1cccc(-c2ccccc2)c1N(c1ccc2c(c1C([2H])(C)C)-c1ccccc1C2(C)C)C(C)(C)C.[2H]C(C)(C)c1cccc(-c2ccccc2)c1N(c1ccc2c(c1C([2H])(C)C)-c1ccccc1C2(C)C)C(C)(C)C.[2H]C(C)c1cccc(-c2ccccc2)c1N(c1ccc2c(c1C([2H])C)-c1ccccc1C2(C)C)C(C)(C)C. The number of hydrogen-bond acceptors (Lipinski definition) is 4. The van der Waals surface area contributed by atoms with Crippen LogP contribution in [0, 0.1) is 13.8 Å². The van der Waals surface area contributed by atoms with Crippen LogP contribution in [0.1, 0.15) is 329 Å². The fraction of sp³-hybridized carbons (Fsp3) is 0.324. The van der Waals surface area contributed by atoms with Crippen LogP contribution >= 0.6 is 0 Å². The summed E-state index contributed by atoms with van der Waals surface area (Å²) in [6.07, 6.45) is -0.822. The van der Waals surface area contributed by atoms with Crippen molar-refractivity contribution in [2.45, 2.75) is 302 Å². The van der Waals surface area contributed by atoms with Gasteiger partial charge in [0.25, 0.3) is 0 Å². The quantitative estimate of drug-likeness (QED) is 0.0849. The third kappa shape index (κ3) is 18.7. The van der Waals surface area contributed by atoms with E-state index in [1.165, 1.54) is 123 Å². The van der Waals surface area contributed by atoms with E-state index in [4.69, 9.17) is 2.74 Å². The summed E-state index contributed by atoms with van der Waals surface area (Å²) >= 11 is 0. The molecule has 0 N–H and O–H groups in total. The zero-order chi connectivity index (χ0) is 110. The number of fused-ring (bicyclic) bond motifs is 12. The molecule has 4 aliphatic rings. The average Bonchev–Trinajstić information content (AvgIpc) is 1.57. The first-order chi connectivity index (χ1) is 71.1. The van der Waals surface area contributed by atoms with Crippen molar-refractivity contribution < 1.29 is 8.22 Å². The summed E-state index contributed by atoms with van der Waals surface area (Å²) in [7, 11) is 0. The molecule has 4 aliphatic carbocycles. The standard InChI is InChI=1S/2C37H43N.C35H39N.C33H35N/c2*1-24(2)27-19-15-20-28(26-16-11-10-12-17-26)35(27)38(36(5,6)7)32-23-22-31-34(33(32)25(3)4)29-18-13-14-21-30(29)37(31,8)9;1-8-24-18-15-20-27(25-16-11-10-12-17-25)33(24)36(34(3,4)5)31-23-22-30-32(26(31)9-2)28-19-13-14-21-29(28)35(30,6)7;1-22-14-13-18-25(24-15-9-8-10-16-24)31(22)34(32(3,4)5)29-21-20-28-30(23(29)2)26-17-11-12-19-27(26)33(28,6)7/h2*10-25H,1-9H3;10-23H,8-9H2,1-7H3;8-21H,1-7H3/i2*24D,25D;8D,9D;.